The number of nitrogens with zero attached hydrogens (tertiary/aromatic N) is 1. The number of amides is 3. The SMILES string of the molecule is COS(=O)(=O)c1ccc(C)cc1C1CCN(c2ccc(C(=O)NC3CCC(=O)NC3=O)c3c2OCCO3)CC1. The highest BCUT2D eigenvalue weighted by Crippen LogP contribution is 2.44. The number of carbonyl (C=O) groups is 3. The van der Waals surface area contributed by atoms with E-state index in [0.717, 1.165) is 16.8 Å². The summed E-state index contributed by atoms with van der Waals surface area (Å²) in [7, 11) is -2.66. The normalized spacial score (nSPS) is 19.9. The Morgan fingerprint density at radius 3 is 2.46 bits per heavy atom. The largest absolute Gasteiger partial charge is 0.485 e. The van der Waals surface area contributed by atoms with Crippen molar-refractivity contribution in [3.63, 3.8) is 0 Å². The molecule has 0 radical (unpaired) electrons. The summed E-state index contributed by atoms with van der Waals surface area (Å²) in [6.07, 6.45) is 1.81. The summed E-state index contributed by atoms with van der Waals surface area (Å²) in [5.74, 6) is -0.547. The van der Waals surface area contributed by atoms with E-state index < -0.39 is 28.0 Å². The first-order chi connectivity index (χ1) is 18.7. The van der Waals surface area contributed by atoms with Crippen molar-refractivity contribution in [2.24, 2.45) is 0 Å². The molecule has 39 heavy (non-hydrogen) atoms. The fourth-order valence-corrected chi connectivity index (χ4v) is 6.28. The zero-order chi connectivity index (χ0) is 27.7. The number of nitrogens with one attached hydrogen (secondary N) is 2. The lowest BCUT2D eigenvalue weighted by atomic mass is 9.88. The van der Waals surface area contributed by atoms with Gasteiger partial charge in [-0.3, -0.25) is 23.9 Å². The maximum Gasteiger partial charge on any atom is 0.296 e. The first-order valence-electron chi connectivity index (χ1n) is 12.9. The number of imide groups is 1. The molecule has 0 aromatic heterocycles. The van der Waals surface area contributed by atoms with E-state index in [1.54, 1.807) is 24.3 Å². The van der Waals surface area contributed by atoms with Crippen LogP contribution in [-0.2, 0) is 23.9 Å². The molecule has 2 aromatic carbocycles. The molecular weight excluding hydrogens is 526 g/mol. The van der Waals surface area contributed by atoms with Crippen molar-refractivity contribution in [3.8, 4) is 11.5 Å². The highest BCUT2D eigenvalue weighted by atomic mass is 32.2. The lowest BCUT2D eigenvalue weighted by Crippen LogP contribution is -2.52. The van der Waals surface area contributed by atoms with Gasteiger partial charge in [0.1, 0.15) is 19.3 Å². The summed E-state index contributed by atoms with van der Waals surface area (Å²) >= 11 is 0. The van der Waals surface area contributed by atoms with E-state index in [1.165, 1.54) is 7.11 Å². The zero-order valence-electron chi connectivity index (χ0n) is 21.8. The number of fused-ring (bicyclic) bond motifs is 1. The maximum absolute atomic E-state index is 13.1. The molecule has 0 aliphatic carbocycles. The van der Waals surface area contributed by atoms with Crippen molar-refractivity contribution in [3.05, 3.63) is 47.0 Å². The second-order valence-electron chi connectivity index (χ2n) is 9.89. The van der Waals surface area contributed by atoms with Gasteiger partial charge in [0.15, 0.2) is 11.5 Å². The lowest BCUT2D eigenvalue weighted by Gasteiger charge is -2.36. The van der Waals surface area contributed by atoms with Gasteiger partial charge >= 0.3 is 0 Å². The van der Waals surface area contributed by atoms with Crippen LogP contribution < -0.4 is 25.0 Å². The molecule has 5 rings (SSSR count). The predicted octanol–water partition coefficient (Wildman–Crippen LogP) is 2.02. The van der Waals surface area contributed by atoms with Gasteiger partial charge in [-0.15, -0.1) is 0 Å². The lowest BCUT2D eigenvalue weighted by molar-refractivity contribution is -0.134. The molecule has 2 saturated heterocycles. The number of hydrogen-bond donors (Lipinski definition) is 2. The maximum atomic E-state index is 13.1. The Labute approximate surface area is 226 Å². The molecule has 1 atom stereocenters. The van der Waals surface area contributed by atoms with Gasteiger partial charge in [-0.05, 0) is 55.9 Å². The van der Waals surface area contributed by atoms with Crippen LogP contribution in [0.4, 0.5) is 5.69 Å². The van der Waals surface area contributed by atoms with Crippen molar-refractivity contribution >= 4 is 33.5 Å². The third-order valence-corrected chi connectivity index (χ3v) is 8.74. The Bertz CT molecular complexity index is 1420. The van der Waals surface area contributed by atoms with E-state index in [2.05, 4.69) is 15.5 Å². The number of rotatable bonds is 6. The predicted molar refractivity (Wildman–Crippen MR) is 141 cm³/mol. The van der Waals surface area contributed by atoms with Crippen LogP contribution in [-0.4, -0.2) is 65.6 Å². The van der Waals surface area contributed by atoms with Crippen LogP contribution in [0.1, 0.15) is 53.1 Å². The van der Waals surface area contributed by atoms with E-state index in [0.29, 0.717) is 44.0 Å². The number of piperidine rings is 2. The van der Waals surface area contributed by atoms with Gasteiger partial charge in [0, 0.05) is 19.5 Å². The number of anilines is 1. The highest BCUT2D eigenvalue weighted by molar-refractivity contribution is 7.86. The minimum Gasteiger partial charge on any atom is -0.485 e. The molecule has 1 unspecified atom stereocenters. The fourth-order valence-electron chi connectivity index (χ4n) is 5.35. The average Bonchev–Trinajstić information content (AvgIpc) is 2.94. The second-order valence-corrected chi connectivity index (χ2v) is 11.6. The van der Waals surface area contributed by atoms with Crippen LogP contribution in [0.2, 0.25) is 0 Å². The third-order valence-electron chi connectivity index (χ3n) is 7.39. The molecule has 3 aliphatic heterocycles. The Kier molecular flexibility index (Phi) is 7.50. The van der Waals surface area contributed by atoms with E-state index in [-0.39, 0.29) is 41.7 Å². The smallest absolute Gasteiger partial charge is 0.296 e. The van der Waals surface area contributed by atoms with Gasteiger partial charge in [-0.2, -0.15) is 8.42 Å². The van der Waals surface area contributed by atoms with Gasteiger partial charge in [-0.25, -0.2) is 0 Å². The molecule has 12 heteroatoms. The highest BCUT2D eigenvalue weighted by Gasteiger charge is 2.33. The molecule has 11 nitrogen and oxygen atoms in total. The van der Waals surface area contributed by atoms with Crippen LogP contribution in [0, 0.1) is 6.92 Å². The standard InChI is InChI=1S/C27H31N3O8S/c1-16-3-7-22(39(34,35)36-2)19(15-16)17-9-11-30(12-10-17)21-6-4-18(24-25(21)38-14-13-37-24)26(32)28-20-5-8-23(31)29-27(20)33/h3-4,6-7,15,17,20H,5,8-14H2,1-2H3,(H,28,32)(H,29,31,33). The molecule has 2 N–H and O–H groups in total. The summed E-state index contributed by atoms with van der Waals surface area (Å²) in [4.78, 5) is 39.0. The van der Waals surface area contributed by atoms with E-state index in [9.17, 15) is 22.8 Å². The molecule has 0 spiro atoms. The zero-order valence-corrected chi connectivity index (χ0v) is 22.6. The van der Waals surface area contributed by atoms with Gasteiger partial charge in [-0.1, -0.05) is 17.7 Å². The Morgan fingerprint density at radius 2 is 1.77 bits per heavy atom. The van der Waals surface area contributed by atoms with Gasteiger partial charge in [0.25, 0.3) is 16.0 Å². The van der Waals surface area contributed by atoms with Crippen LogP contribution in [0.15, 0.2) is 35.2 Å². The number of aryl methyl sites for hydroxylation is 1. The Balaban J connectivity index is 1.35. The van der Waals surface area contributed by atoms with Crippen LogP contribution >= 0.6 is 0 Å². The fraction of sp³-hybridized carbons (Fsp3) is 0.444. The Hall–Kier alpha value is -3.64. The number of benzene rings is 2. The van der Waals surface area contributed by atoms with Crippen molar-refractivity contribution in [2.45, 2.75) is 49.5 Å². The van der Waals surface area contributed by atoms with Crippen molar-refractivity contribution in [1.29, 1.82) is 0 Å². The van der Waals surface area contributed by atoms with Gasteiger partial charge in [0.05, 0.1) is 23.3 Å². The second kappa shape index (κ2) is 10.9. The molecule has 208 valence electrons. The Morgan fingerprint density at radius 1 is 1.05 bits per heavy atom. The van der Waals surface area contributed by atoms with Crippen molar-refractivity contribution in [1.82, 2.24) is 10.6 Å². The number of hydrogen-bond acceptors (Lipinski definition) is 9. The summed E-state index contributed by atoms with van der Waals surface area (Å²) in [5.41, 5.74) is 2.78. The minimum absolute atomic E-state index is 0.0349. The molecule has 3 aliphatic rings. The molecule has 2 aromatic rings. The molecule has 2 fully saturated rings. The topological polar surface area (TPSA) is 140 Å². The van der Waals surface area contributed by atoms with Crippen LogP contribution in [0.3, 0.4) is 0 Å². The van der Waals surface area contributed by atoms with E-state index in [1.807, 2.05) is 13.0 Å². The average molecular weight is 558 g/mol. The molecule has 3 amide bonds. The first kappa shape index (κ1) is 26.9. The quantitative estimate of drug-likeness (QED) is 0.403. The molecule has 0 saturated carbocycles. The van der Waals surface area contributed by atoms with Gasteiger partial charge in [0.2, 0.25) is 11.8 Å². The number of ether oxygens (including phenoxy) is 2. The third kappa shape index (κ3) is 5.44. The van der Waals surface area contributed by atoms with Gasteiger partial charge < -0.3 is 19.7 Å². The summed E-state index contributed by atoms with van der Waals surface area (Å²) in [6, 6.07) is 7.95. The summed E-state index contributed by atoms with van der Waals surface area (Å²) in [5, 5.41) is 4.93. The van der Waals surface area contributed by atoms with E-state index >= 15 is 0 Å². The van der Waals surface area contributed by atoms with Crippen LogP contribution in [0.5, 0.6) is 11.5 Å². The minimum atomic E-state index is -3.83. The van der Waals surface area contributed by atoms with Crippen molar-refractivity contribution in [2.75, 3.05) is 38.3 Å². The molecule has 3 heterocycles. The molecular formula is C27H31N3O8S. The van der Waals surface area contributed by atoms with Crippen molar-refractivity contribution < 1.29 is 36.5 Å². The molecule has 0 bridgehead atoms. The monoisotopic (exact) mass is 557 g/mol. The summed E-state index contributed by atoms with van der Waals surface area (Å²) < 4.78 is 41.7. The number of carbonyl (C=O) groups excluding carboxylic acids is 3. The first-order valence-corrected chi connectivity index (χ1v) is 14.3. The summed E-state index contributed by atoms with van der Waals surface area (Å²) in [6.45, 7) is 3.83. The van der Waals surface area contributed by atoms with E-state index in [4.69, 9.17) is 13.7 Å². The van der Waals surface area contributed by atoms with Crippen LogP contribution in [0.25, 0.3) is 0 Å².